The molecule has 16 heavy (non-hydrogen) atoms. The minimum absolute atomic E-state index is 0.189. The first-order valence-electron chi connectivity index (χ1n) is 5.48. The molecule has 0 aliphatic carbocycles. The van der Waals surface area contributed by atoms with Crippen molar-refractivity contribution in [3.05, 3.63) is 11.9 Å². The number of hydrogen-bond acceptors (Lipinski definition) is 4. The third kappa shape index (κ3) is 3.66. The normalized spacial score (nSPS) is 17.4. The van der Waals surface area contributed by atoms with E-state index in [0.717, 1.165) is 19.6 Å². The summed E-state index contributed by atoms with van der Waals surface area (Å²) in [6.45, 7) is 7.13. The lowest BCUT2D eigenvalue weighted by Gasteiger charge is -2.22. The molecule has 0 bridgehead atoms. The van der Waals surface area contributed by atoms with E-state index in [-0.39, 0.29) is 5.70 Å². The van der Waals surface area contributed by atoms with Crippen LogP contribution in [0.5, 0.6) is 0 Å². The number of aliphatic imine (C=N–C) groups is 1. The van der Waals surface area contributed by atoms with Gasteiger partial charge in [0, 0.05) is 20.1 Å². The lowest BCUT2D eigenvalue weighted by atomic mass is 10.4. The molecule has 0 aromatic rings. The summed E-state index contributed by atoms with van der Waals surface area (Å²) in [5.74, 6) is -0.962. The Morgan fingerprint density at radius 3 is 2.69 bits per heavy atom. The van der Waals surface area contributed by atoms with Crippen LogP contribution >= 0.6 is 0 Å². The van der Waals surface area contributed by atoms with E-state index in [4.69, 9.17) is 5.11 Å². The molecule has 0 unspecified atom stereocenters. The predicted molar refractivity (Wildman–Crippen MR) is 63.6 cm³/mol. The molecule has 90 valence electrons. The quantitative estimate of drug-likeness (QED) is 0.532. The summed E-state index contributed by atoms with van der Waals surface area (Å²) in [5, 5.41) is 8.96. The summed E-state index contributed by atoms with van der Waals surface area (Å²) in [6.07, 6.45) is 3.78. The third-order valence-electron chi connectivity index (χ3n) is 2.79. The molecule has 5 nitrogen and oxygen atoms in total. The van der Waals surface area contributed by atoms with Crippen LogP contribution < -0.4 is 0 Å². The SMILES string of the molecule is C=N/C=C(/C(=O)O)N(C)CCN1CCCC1. The minimum Gasteiger partial charge on any atom is -0.477 e. The number of aliphatic carboxylic acids is 1. The summed E-state index contributed by atoms with van der Waals surface area (Å²) < 4.78 is 0. The molecule has 1 saturated heterocycles. The van der Waals surface area contributed by atoms with Crippen LogP contribution in [0.15, 0.2) is 16.9 Å². The number of likely N-dealkylation sites (tertiary alicyclic amines) is 1. The second-order valence-corrected chi connectivity index (χ2v) is 3.97. The third-order valence-corrected chi connectivity index (χ3v) is 2.79. The van der Waals surface area contributed by atoms with Gasteiger partial charge in [0.05, 0.1) is 6.20 Å². The van der Waals surface area contributed by atoms with Crippen LogP contribution in [0, 0.1) is 0 Å². The molecule has 1 fully saturated rings. The Balaban J connectivity index is 2.42. The number of likely N-dealkylation sites (N-methyl/N-ethyl adjacent to an activating group) is 1. The van der Waals surface area contributed by atoms with E-state index >= 15 is 0 Å². The highest BCUT2D eigenvalue weighted by molar-refractivity contribution is 5.85. The van der Waals surface area contributed by atoms with Gasteiger partial charge in [-0.2, -0.15) is 0 Å². The fraction of sp³-hybridized carbons (Fsp3) is 0.636. The van der Waals surface area contributed by atoms with E-state index in [2.05, 4.69) is 16.6 Å². The van der Waals surface area contributed by atoms with Crippen molar-refractivity contribution in [1.29, 1.82) is 0 Å². The summed E-state index contributed by atoms with van der Waals surface area (Å²) >= 11 is 0. The summed E-state index contributed by atoms with van der Waals surface area (Å²) in [6, 6.07) is 0. The lowest BCUT2D eigenvalue weighted by molar-refractivity contribution is -0.134. The van der Waals surface area contributed by atoms with Crippen molar-refractivity contribution in [2.45, 2.75) is 12.8 Å². The molecule has 0 saturated carbocycles. The minimum atomic E-state index is -0.962. The second-order valence-electron chi connectivity index (χ2n) is 3.97. The maximum atomic E-state index is 10.9. The van der Waals surface area contributed by atoms with Gasteiger partial charge in [0.1, 0.15) is 5.70 Å². The van der Waals surface area contributed by atoms with E-state index in [0.29, 0.717) is 6.54 Å². The van der Waals surface area contributed by atoms with Gasteiger partial charge in [-0.3, -0.25) is 4.99 Å². The molecular weight excluding hydrogens is 206 g/mol. The molecule has 1 heterocycles. The molecule has 5 heteroatoms. The number of nitrogens with zero attached hydrogens (tertiary/aromatic N) is 3. The van der Waals surface area contributed by atoms with E-state index in [1.165, 1.54) is 19.0 Å². The van der Waals surface area contributed by atoms with Crippen molar-refractivity contribution in [2.75, 3.05) is 33.2 Å². The van der Waals surface area contributed by atoms with Crippen LogP contribution in [0.4, 0.5) is 0 Å². The standard InChI is InChI=1S/C11H19N3O2/c1-12-9-10(11(15)16)13(2)7-8-14-5-3-4-6-14/h9H,1,3-8H2,2H3,(H,15,16)/b10-9-. The van der Waals surface area contributed by atoms with Crippen LogP contribution in [-0.2, 0) is 4.79 Å². The zero-order valence-corrected chi connectivity index (χ0v) is 9.72. The molecule has 0 aromatic heterocycles. The van der Waals surface area contributed by atoms with E-state index < -0.39 is 5.97 Å². The van der Waals surface area contributed by atoms with Crippen LogP contribution in [0.1, 0.15) is 12.8 Å². The molecular formula is C11H19N3O2. The van der Waals surface area contributed by atoms with Crippen molar-refractivity contribution in [3.63, 3.8) is 0 Å². The second kappa shape index (κ2) is 6.27. The van der Waals surface area contributed by atoms with Gasteiger partial charge in [0.25, 0.3) is 0 Å². The van der Waals surface area contributed by atoms with Gasteiger partial charge < -0.3 is 14.9 Å². The Bertz CT molecular complexity index is 283. The van der Waals surface area contributed by atoms with Crippen LogP contribution in [-0.4, -0.2) is 60.8 Å². The number of hydrogen-bond donors (Lipinski definition) is 1. The summed E-state index contributed by atoms with van der Waals surface area (Å²) in [7, 11) is 1.77. The maximum Gasteiger partial charge on any atom is 0.353 e. The average molecular weight is 225 g/mol. The Hall–Kier alpha value is -1.36. The highest BCUT2D eigenvalue weighted by Gasteiger charge is 2.15. The molecule has 1 rings (SSSR count). The van der Waals surface area contributed by atoms with Crippen molar-refractivity contribution in [3.8, 4) is 0 Å². The smallest absolute Gasteiger partial charge is 0.353 e. The molecule has 0 radical (unpaired) electrons. The molecule has 0 amide bonds. The van der Waals surface area contributed by atoms with Gasteiger partial charge >= 0.3 is 5.97 Å². The van der Waals surface area contributed by atoms with Crippen LogP contribution in [0.2, 0.25) is 0 Å². The fourth-order valence-electron chi connectivity index (χ4n) is 1.82. The average Bonchev–Trinajstić information content (AvgIpc) is 2.75. The van der Waals surface area contributed by atoms with E-state index in [1.54, 1.807) is 11.9 Å². The Labute approximate surface area is 96.1 Å². The molecule has 0 aromatic carbocycles. The fourth-order valence-corrected chi connectivity index (χ4v) is 1.82. The van der Waals surface area contributed by atoms with Gasteiger partial charge in [-0.25, -0.2) is 4.79 Å². The zero-order valence-electron chi connectivity index (χ0n) is 9.72. The van der Waals surface area contributed by atoms with Gasteiger partial charge in [-0.05, 0) is 32.6 Å². The lowest BCUT2D eigenvalue weighted by Crippen LogP contribution is -2.33. The van der Waals surface area contributed by atoms with E-state index in [9.17, 15) is 4.79 Å². The molecule has 0 atom stereocenters. The highest BCUT2D eigenvalue weighted by Crippen LogP contribution is 2.08. The largest absolute Gasteiger partial charge is 0.477 e. The summed E-state index contributed by atoms with van der Waals surface area (Å²) in [5.41, 5.74) is 0.189. The van der Waals surface area contributed by atoms with Crippen molar-refractivity contribution >= 4 is 12.7 Å². The van der Waals surface area contributed by atoms with Gasteiger partial charge in [0.2, 0.25) is 0 Å². The molecule has 1 aliphatic rings. The van der Waals surface area contributed by atoms with Crippen molar-refractivity contribution < 1.29 is 9.90 Å². The number of carboxylic acids is 1. The van der Waals surface area contributed by atoms with Crippen LogP contribution in [0.25, 0.3) is 0 Å². The van der Waals surface area contributed by atoms with Gasteiger partial charge in [0.15, 0.2) is 0 Å². The Kier molecular flexibility index (Phi) is 4.98. The maximum absolute atomic E-state index is 10.9. The van der Waals surface area contributed by atoms with Gasteiger partial charge in [-0.15, -0.1) is 0 Å². The summed E-state index contributed by atoms with van der Waals surface area (Å²) in [4.78, 5) is 18.5. The number of carboxylic acid groups (broad SMARTS) is 1. The van der Waals surface area contributed by atoms with Gasteiger partial charge in [-0.1, -0.05) is 0 Å². The molecule has 1 N–H and O–H groups in total. The first kappa shape index (κ1) is 12.7. The Morgan fingerprint density at radius 2 is 2.19 bits per heavy atom. The number of rotatable bonds is 6. The predicted octanol–water partition coefficient (Wildman–Crippen LogP) is 0.641. The monoisotopic (exact) mass is 225 g/mol. The van der Waals surface area contributed by atoms with E-state index in [1.807, 2.05) is 0 Å². The Morgan fingerprint density at radius 1 is 1.56 bits per heavy atom. The van der Waals surface area contributed by atoms with Crippen molar-refractivity contribution in [1.82, 2.24) is 9.80 Å². The molecule has 1 aliphatic heterocycles. The highest BCUT2D eigenvalue weighted by atomic mass is 16.4. The van der Waals surface area contributed by atoms with Crippen LogP contribution in [0.3, 0.4) is 0 Å². The topological polar surface area (TPSA) is 56.1 Å². The first-order chi connectivity index (χ1) is 7.65. The first-order valence-corrected chi connectivity index (χ1v) is 5.48. The molecule has 0 spiro atoms. The van der Waals surface area contributed by atoms with Crippen molar-refractivity contribution in [2.24, 2.45) is 4.99 Å². The zero-order chi connectivity index (χ0) is 12.0. The number of carbonyl (C=O) groups is 1.